The average molecular weight is 325 g/mol. The van der Waals surface area contributed by atoms with E-state index in [2.05, 4.69) is 0 Å². The molecule has 0 saturated carbocycles. The van der Waals surface area contributed by atoms with Crippen LogP contribution in [0.2, 0.25) is 0 Å². The van der Waals surface area contributed by atoms with Gasteiger partial charge in [0.1, 0.15) is 11.6 Å². The molecule has 0 bridgehead atoms. The number of rotatable bonds is 5. The van der Waals surface area contributed by atoms with Gasteiger partial charge in [0.2, 0.25) is 0 Å². The number of imide groups is 1. The number of benzene rings is 2. The molecule has 1 aliphatic heterocycles. The number of ether oxygens (including phenoxy) is 1. The van der Waals surface area contributed by atoms with Crippen molar-refractivity contribution in [3.8, 4) is 5.75 Å². The molecule has 0 N–H and O–H groups in total. The topological polar surface area (TPSA) is 46.6 Å². The second-order valence-corrected chi connectivity index (χ2v) is 5.41. The zero-order chi connectivity index (χ0) is 17.1. The van der Waals surface area contributed by atoms with Crippen LogP contribution in [-0.4, -0.2) is 30.4 Å². The maximum Gasteiger partial charge on any atom is 0.261 e. The molecule has 0 unspecified atom stereocenters. The monoisotopic (exact) mass is 325 g/mol. The van der Waals surface area contributed by atoms with Gasteiger partial charge in [0.05, 0.1) is 24.8 Å². The number of carbonyl (C=O) groups is 2. The lowest BCUT2D eigenvalue weighted by atomic mass is 10.1. The smallest absolute Gasteiger partial charge is 0.261 e. The summed E-state index contributed by atoms with van der Waals surface area (Å²) >= 11 is 0. The van der Waals surface area contributed by atoms with E-state index in [4.69, 9.17) is 4.74 Å². The van der Waals surface area contributed by atoms with Gasteiger partial charge in [-0.1, -0.05) is 30.3 Å². The Morgan fingerprint density at radius 2 is 1.62 bits per heavy atom. The first-order valence-corrected chi connectivity index (χ1v) is 7.53. The number of fused-ring (bicyclic) bond motifs is 1. The van der Waals surface area contributed by atoms with Crippen molar-refractivity contribution in [2.75, 3.05) is 13.7 Å². The lowest BCUT2D eigenvalue weighted by Crippen LogP contribution is -2.29. The largest absolute Gasteiger partial charge is 0.496 e. The van der Waals surface area contributed by atoms with Crippen molar-refractivity contribution in [3.63, 3.8) is 0 Å². The highest BCUT2D eigenvalue weighted by Crippen LogP contribution is 2.24. The van der Waals surface area contributed by atoms with Crippen LogP contribution in [0.25, 0.3) is 0 Å². The van der Waals surface area contributed by atoms with Crippen molar-refractivity contribution < 1.29 is 18.7 Å². The average Bonchev–Trinajstić information content (AvgIpc) is 2.85. The van der Waals surface area contributed by atoms with E-state index in [1.54, 1.807) is 42.5 Å². The van der Waals surface area contributed by atoms with Crippen molar-refractivity contribution in [3.05, 3.63) is 77.1 Å². The summed E-state index contributed by atoms with van der Waals surface area (Å²) in [4.78, 5) is 25.5. The van der Waals surface area contributed by atoms with E-state index in [1.165, 1.54) is 13.2 Å². The SMILES string of the molecule is COc1ccccc1CC(F)=CCN1C(=O)c2ccccc2C1=O. The minimum Gasteiger partial charge on any atom is -0.496 e. The van der Waals surface area contributed by atoms with Crippen molar-refractivity contribution in [2.45, 2.75) is 6.42 Å². The highest BCUT2D eigenvalue weighted by molar-refractivity contribution is 6.21. The van der Waals surface area contributed by atoms with Crippen molar-refractivity contribution in [2.24, 2.45) is 0 Å². The van der Waals surface area contributed by atoms with E-state index in [9.17, 15) is 14.0 Å². The molecule has 0 aliphatic carbocycles. The second-order valence-electron chi connectivity index (χ2n) is 5.41. The minimum atomic E-state index is -0.420. The van der Waals surface area contributed by atoms with Gasteiger partial charge in [-0.15, -0.1) is 0 Å². The van der Waals surface area contributed by atoms with Gasteiger partial charge < -0.3 is 4.74 Å². The Morgan fingerprint density at radius 1 is 1.04 bits per heavy atom. The lowest BCUT2D eigenvalue weighted by molar-refractivity contribution is 0.0671. The maximum atomic E-state index is 14.2. The lowest BCUT2D eigenvalue weighted by Gasteiger charge is -2.11. The Balaban J connectivity index is 1.72. The molecule has 4 nitrogen and oxygen atoms in total. The van der Waals surface area contributed by atoms with Gasteiger partial charge in [-0.25, -0.2) is 4.39 Å². The van der Waals surface area contributed by atoms with E-state index in [0.29, 0.717) is 22.4 Å². The molecule has 0 fully saturated rings. The van der Waals surface area contributed by atoms with Crippen LogP contribution in [0.15, 0.2) is 60.4 Å². The first-order chi connectivity index (χ1) is 11.6. The molecule has 0 radical (unpaired) electrons. The van der Waals surface area contributed by atoms with Crippen LogP contribution in [0.4, 0.5) is 4.39 Å². The highest BCUT2D eigenvalue weighted by atomic mass is 19.1. The number of halogens is 1. The first-order valence-electron chi connectivity index (χ1n) is 7.53. The van der Waals surface area contributed by atoms with Crippen LogP contribution in [0.3, 0.4) is 0 Å². The molecule has 1 heterocycles. The third-order valence-corrected chi connectivity index (χ3v) is 3.93. The van der Waals surface area contributed by atoms with E-state index in [1.807, 2.05) is 6.07 Å². The second kappa shape index (κ2) is 6.66. The van der Waals surface area contributed by atoms with Crippen LogP contribution < -0.4 is 4.74 Å². The number of hydrogen-bond acceptors (Lipinski definition) is 3. The van der Waals surface area contributed by atoms with Crippen molar-refractivity contribution >= 4 is 11.8 Å². The van der Waals surface area contributed by atoms with E-state index in [-0.39, 0.29) is 13.0 Å². The van der Waals surface area contributed by atoms with E-state index in [0.717, 1.165) is 4.90 Å². The predicted octanol–water partition coefficient (Wildman–Crippen LogP) is 3.39. The Morgan fingerprint density at radius 3 is 2.25 bits per heavy atom. The van der Waals surface area contributed by atoms with Gasteiger partial charge in [-0.2, -0.15) is 0 Å². The molecule has 2 aromatic carbocycles. The first kappa shape index (κ1) is 15.9. The van der Waals surface area contributed by atoms with Crippen LogP contribution in [-0.2, 0) is 6.42 Å². The maximum absolute atomic E-state index is 14.2. The molecule has 2 amide bonds. The number of hydrogen-bond donors (Lipinski definition) is 0. The fourth-order valence-corrected chi connectivity index (χ4v) is 2.70. The Kier molecular flexibility index (Phi) is 4.42. The number of methoxy groups -OCH3 is 1. The summed E-state index contributed by atoms with van der Waals surface area (Å²) in [5.74, 6) is -0.605. The third kappa shape index (κ3) is 2.93. The van der Waals surface area contributed by atoms with E-state index < -0.39 is 17.6 Å². The molecular weight excluding hydrogens is 309 g/mol. The highest BCUT2D eigenvalue weighted by Gasteiger charge is 2.34. The Labute approximate surface area is 139 Å². The van der Waals surface area contributed by atoms with Crippen LogP contribution in [0.1, 0.15) is 26.3 Å². The number of carbonyl (C=O) groups excluding carboxylic acids is 2. The fourth-order valence-electron chi connectivity index (χ4n) is 2.70. The van der Waals surface area contributed by atoms with E-state index >= 15 is 0 Å². The molecule has 0 spiro atoms. The summed E-state index contributed by atoms with van der Waals surface area (Å²) < 4.78 is 19.4. The summed E-state index contributed by atoms with van der Waals surface area (Å²) in [5.41, 5.74) is 1.43. The molecular formula is C19H16FNO3. The van der Waals surface area contributed by atoms with Gasteiger partial charge in [0, 0.05) is 12.0 Å². The number of para-hydroxylation sites is 1. The summed E-state index contributed by atoms with van der Waals surface area (Å²) in [6.45, 7) is -0.0900. The minimum absolute atomic E-state index is 0.0488. The van der Waals surface area contributed by atoms with Crippen LogP contribution in [0.5, 0.6) is 5.75 Å². The van der Waals surface area contributed by atoms with Gasteiger partial charge in [0.15, 0.2) is 0 Å². The quantitative estimate of drug-likeness (QED) is 0.792. The summed E-state index contributed by atoms with van der Waals surface area (Å²) in [7, 11) is 1.53. The van der Waals surface area contributed by atoms with Crippen LogP contribution >= 0.6 is 0 Å². The van der Waals surface area contributed by atoms with Crippen LogP contribution in [0, 0.1) is 0 Å². The standard InChI is InChI=1S/C19H16FNO3/c1-24-17-9-5-2-6-13(17)12-14(20)10-11-21-18(22)15-7-3-4-8-16(15)19(21)23/h2-10H,11-12H2,1H3. The Bertz CT molecular complexity index is 794. The molecule has 3 rings (SSSR count). The van der Waals surface area contributed by atoms with Crippen molar-refractivity contribution in [1.29, 1.82) is 0 Å². The number of allylic oxidation sites excluding steroid dienone is 1. The summed E-state index contributed by atoms with van der Waals surface area (Å²) in [5, 5.41) is 0. The van der Waals surface area contributed by atoms with Gasteiger partial charge in [0.25, 0.3) is 11.8 Å². The third-order valence-electron chi connectivity index (χ3n) is 3.93. The fraction of sp³-hybridized carbons (Fsp3) is 0.158. The molecule has 0 saturated heterocycles. The number of nitrogens with zero attached hydrogens (tertiary/aromatic N) is 1. The molecule has 5 heteroatoms. The van der Waals surface area contributed by atoms with Crippen molar-refractivity contribution in [1.82, 2.24) is 4.90 Å². The molecule has 2 aromatic rings. The molecule has 24 heavy (non-hydrogen) atoms. The zero-order valence-corrected chi connectivity index (χ0v) is 13.2. The molecule has 1 aliphatic rings. The molecule has 0 atom stereocenters. The summed E-state index contributed by atoms with van der Waals surface area (Å²) in [6.07, 6.45) is 1.31. The molecule has 0 aromatic heterocycles. The predicted molar refractivity (Wildman–Crippen MR) is 87.7 cm³/mol. The molecule has 122 valence electrons. The summed E-state index contributed by atoms with van der Waals surface area (Å²) in [6, 6.07) is 13.7. The van der Waals surface area contributed by atoms with Gasteiger partial charge in [-0.3, -0.25) is 14.5 Å². The Hall–Kier alpha value is -2.95. The zero-order valence-electron chi connectivity index (χ0n) is 13.2. The normalized spacial score (nSPS) is 14.1. The number of amides is 2. The van der Waals surface area contributed by atoms with Gasteiger partial charge in [-0.05, 0) is 24.3 Å². The van der Waals surface area contributed by atoms with Gasteiger partial charge >= 0.3 is 0 Å².